The number of rotatable bonds is 0. The highest BCUT2D eigenvalue weighted by Gasteiger charge is 2.44. The van der Waals surface area contributed by atoms with E-state index in [1.807, 2.05) is 0 Å². The van der Waals surface area contributed by atoms with Gasteiger partial charge in [0, 0.05) is 33.0 Å². The zero-order valence-electron chi connectivity index (χ0n) is 22.8. The summed E-state index contributed by atoms with van der Waals surface area (Å²) in [6, 6.07) is 0. The number of hydrogen-bond donors (Lipinski definition) is 2. The van der Waals surface area contributed by atoms with Crippen molar-refractivity contribution in [3.05, 3.63) is 0 Å². The molecular formula is C9H19NO2. The maximum atomic E-state index is 10.7. The molecule has 0 unspecified atom stereocenters. The molecule has 0 aromatic carbocycles. The van der Waals surface area contributed by atoms with Crippen molar-refractivity contribution in [1.29, 1.82) is 0 Å². The van der Waals surface area contributed by atoms with Crippen molar-refractivity contribution in [2.24, 2.45) is 0 Å². The van der Waals surface area contributed by atoms with E-state index in [0.717, 1.165) is 0 Å². The second-order valence-electron chi connectivity index (χ2n) is 2.33. The predicted molar refractivity (Wildman–Crippen MR) is 47.0 cm³/mol. The average molecular weight is 191 g/mol. The Labute approximate surface area is 97.8 Å². The molecule has 0 amide bonds. The molecule has 1 aliphatic heterocycles. The lowest BCUT2D eigenvalue weighted by Crippen LogP contribution is -2.60. The van der Waals surface area contributed by atoms with Crippen molar-refractivity contribution in [2.45, 2.75) is 57.3 Å². The van der Waals surface area contributed by atoms with Gasteiger partial charge in [-0.15, -0.1) is 0 Å². The van der Waals surface area contributed by atoms with Gasteiger partial charge < -0.3 is 10.3 Å². The minimum atomic E-state index is -4.58. The van der Waals surface area contributed by atoms with Crippen molar-refractivity contribution in [3.63, 3.8) is 0 Å². The van der Waals surface area contributed by atoms with Gasteiger partial charge in [0.2, 0.25) is 0 Å². The Morgan fingerprint density at radius 3 is 2.17 bits per heavy atom. The Hall–Kier alpha value is -0.120. The summed E-state index contributed by atoms with van der Waals surface area (Å²) < 4.78 is 130. The summed E-state index contributed by atoms with van der Waals surface area (Å²) in [4.78, 5) is 0. The van der Waals surface area contributed by atoms with Gasteiger partial charge in [-0.05, 0) is 40.2 Å². The average Bonchev–Trinajstić information content (AvgIpc) is 2.29. The van der Waals surface area contributed by atoms with Crippen LogP contribution in [0, 0.1) is 0 Å². The van der Waals surface area contributed by atoms with Crippen LogP contribution in [0.4, 0.5) is 0 Å². The molecule has 1 saturated heterocycles. The van der Waals surface area contributed by atoms with Gasteiger partial charge in [-0.3, -0.25) is 0 Å². The fourth-order valence-electron chi connectivity index (χ4n) is 0.731. The maximum Gasteiger partial charge on any atom is 0.0602 e. The minimum Gasteiger partial charge on any atom is -0.393 e. The maximum absolute atomic E-state index is 10.7. The van der Waals surface area contributed by atoms with Crippen LogP contribution in [0.1, 0.15) is 63.5 Å². The van der Waals surface area contributed by atoms with E-state index >= 15 is 0 Å². The van der Waals surface area contributed by atoms with Gasteiger partial charge in [-0.1, -0.05) is 0 Å². The van der Waals surface area contributed by atoms with E-state index in [4.69, 9.17) is 23.3 Å². The largest absolute Gasteiger partial charge is 0.393 e. The van der Waals surface area contributed by atoms with Crippen molar-refractivity contribution < 1.29 is 33.6 Å². The molecular weight excluding hydrogens is 155 g/mol. The smallest absolute Gasteiger partial charge is 0.0602 e. The molecule has 0 radical (unpaired) electrons. The van der Waals surface area contributed by atoms with Crippen LogP contribution in [-0.4, -0.2) is 32.5 Å². The minimum absolute atomic E-state index is 1.36. The van der Waals surface area contributed by atoms with E-state index in [2.05, 4.69) is 0 Å². The summed E-state index contributed by atoms with van der Waals surface area (Å²) in [7, 11) is 0. The Morgan fingerprint density at radius 2 is 1.83 bits per heavy atom. The summed E-state index contributed by atoms with van der Waals surface area (Å²) in [6.45, 7) is -17.2. The number of hydroxylamine groups is 2. The van der Waals surface area contributed by atoms with E-state index in [1.54, 1.807) is 0 Å². The molecule has 3 nitrogen and oxygen atoms in total. The Morgan fingerprint density at radius 1 is 1.42 bits per heavy atom. The first-order chi connectivity index (χ1) is 12.2. The first kappa shape index (κ1) is 1.69. The van der Waals surface area contributed by atoms with E-state index < -0.39 is 62.4 Å². The molecule has 12 heavy (non-hydrogen) atoms. The van der Waals surface area contributed by atoms with Crippen LogP contribution in [0.15, 0.2) is 0 Å². The molecule has 0 aliphatic carbocycles. The SMILES string of the molecule is [2H]C([2H])([2H])C1(C([2H])([2H])[2H])[15N](O)C(C([2H])([2H])[2H])(C([2H])([2H])[2H])C([2H])([2H])C([2H])(O)C1([2H])[2H]. The van der Waals surface area contributed by atoms with Crippen LogP contribution >= 0.6 is 0 Å². The second kappa shape index (κ2) is 2.69. The van der Waals surface area contributed by atoms with Gasteiger partial charge in [0.05, 0.1) is 7.45 Å². The van der Waals surface area contributed by atoms with Crippen LogP contribution in [0.2, 0.25) is 0 Å². The molecule has 0 saturated carbocycles. The third kappa shape index (κ3) is 1.63. The number of hydrogen-bond acceptors (Lipinski definition) is 3. The molecule has 0 aromatic rings. The van der Waals surface area contributed by atoms with E-state index in [9.17, 15) is 10.3 Å². The van der Waals surface area contributed by atoms with Crippen molar-refractivity contribution in [1.82, 2.24) is 5.06 Å². The van der Waals surface area contributed by atoms with Crippen LogP contribution in [0.5, 0.6) is 0 Å². The summed E-state index contributed by atoms with van der Waals surface area (Å²) in [6.07, 6.45) is -13.5. The van der Waals surface area contributed by atoms with Gasteiger partial charge in [0.1, 0.15) is 0 Å². The second-order valence-corrected chi connectivity index (χ2v) is 2.33. The highest BCUT2D eigenvalue weighted by molar-refractivity contribution is 4.95. The molecule has 0 aromatic heterocycles. The molecule has 0 bridgehead atoms. The summed E-state index contributed by atoms with van der Waals surface area (Å²) in [5, 5.41) is 19.8. The molecule has 0 spiro atoms. The quantitative estimate of drug-likeness (QED) is 0.569. The van der Waals surface area contributed by atoms with Crippen LogP contribution in [-0.2, 0) is 0 Å². The van der Waals surface area contributed by atoms with E-state index in [0.29, 0.717) is 0 Å². The Kier molecular flexibility index (Phi) is 0.378. The van der Waals surface area contributed by atoms with Gasteiger partial charge in [0.15, 0.2) is 0 Å². The first-order valence-corrected chi connectivity index (χ1v) is 2.87. The van der Waals surface area contributed by atoms with Gasteiger partial charge >= 0.3 is 0 Å². The normalized spacial score (nSPS) is 66.7. The first-order valence-electron chi connectivity index (χ1n) is 11.4. The molecule has 1 rings (SSSR count). The fraction of sp³-hybridized carbons (Fsp3) is 1.00. The molecule has 3 heteroatoms. The van der Waals surface area contributed by atoms with Gasteiger partial charge in [-0.25, -0.2) is 0 Å². The van der Waals surface area contributed by atoms with Crippen LogP contribution in [0.3, 0.4) is 0 Å². The highest BCUT2D eigenvalue weighted by atomic mass is 16.8. The molecule has 1 fully saturated rings. The Bertz CT molecular complexity index is 570. The highest BCUT2D eigenvalue weighted by Crippen LogP contribution is 2.36. The molecule has 1 heterocycles. The standard InChI is InChI=1S/C9H19NO2/c1-8(2)5-7(11)6-9(3,4)10(8)12/h7,11-12H,5-6H2,1-4H3/i1D3,2D3,3D3,4D3,5D2,6D2,7D,10+1. The third-order valence-corrected chi connectivity index (χ3v) is 1.23. The number of aliphatic hydroxyl groups is 1. The molecule has 2 N–H and O–H groups in total. The van der Waals surface area contributed by atoms with Gasteiger partial charge in [-0.2, -0.15) is 5.06 Å². The van der Waals surface area contributed by atoms with Crippen LogP contribution in [0.25, 0.3) is 0 Å². The molecule has 72 valence electrons. The zero-order valence-corrected chi connectivity index (χ0v) is 5.84. The summed E-state index contributed by atoms with van der Waals surface area (Å²) in [5.74, 6) is 0. The van der Waals surface area contributed by atoms with Crippen LogP contribution < -0.4 is 0 Å². The number of nitrogens with zero attached hydrogens (tertiary/aromatic N) is 1. The van der Waals surface area contributed by atoms with Crippen molar-refractivity contribution in [3.8, 4) is 0 Å². The van der Waals surface area contributed by atoms with E-state index in [1.165, 1.54) is 0 Å². The van der Waals surface area contributed by atoms with Crippen molar-refractivity contribution >= 4 is 0 Å². The van der Waals surface area contributed by atoms with Gasteiger partial charge in [0.25, 0.3) is 0 Å². The molecule has 0 atom stereocenters. The Balaban J connectivity index is 4.52. The summed E-state index contributed by atoms with van der Waals surface area (Å²) >= 11 is 0. The topological polar surface area (TPSA) is 43.7 Å². The fourth-order valence-corrected chi connectivity index (χ4v) is 0.731. The predicted octanol–water partition coefficient (Wildman–Crippen LogP) is 1.39. The monoisotopic (exact) mass is 191 g/mol. The molecule has 1 aliphatic rings. The third-order valence-electron chi connectivity index (χ3n) is 1.23. The lowest BCUT2D eigenvalue weighted by molar-refractivity contribution is -0.257. The van der Waals surface area contributed by atoms with Crippen molar-refractivity contribution in [2.75, 3.05) is 0 Å². The lowest BCUT2D eigenvalue weighted by Gasteiger charge is -2.50. The number of piperidine rings is 1. The lowest BCUT2D eigenvalue weighted by atomic mass is 9.84. The summed E-state index contributed by atoms with van der Waals surface area (Å²) in [5.41, 5.74) is -9.06. The van der Waals surface area contributed by atoms with E-state index in [-0.39, 0.29) is 0 Å². The zero-order chi connectivity index (χ0) is 24.1.